The smallest absolute Gasteiger partial charge is 0.0698 e. The summed E-state index contributed by atoms with van der Waals surface area (Å²) in [6.07, 6.45) is 10.4. The molecule has 158 valence electrons. The van der Waals surface area contributed by atoms with Crippen molar-refractivity contribution < 1.29 is 9.84 Å². The van der Waals surface area contributed by atoms with Gasteiger partial charge >= 0.3 is 0 Å². The first-order chi connectivity index (χ1) is 14.2. The predicted molar refractivity (Wildman–Crippen MR) is 116 cm³/mol. The molecule has 2 N–H and O–H groups in total. The van der Waals surface area contributed by atoms with Crippen LogP contribution in [0.4, 0.5) is 0 Å². The maximum Gasteiger partial charge on any atom is 0.0698 e. The van der Waals surface area contributed by atoms with Crippen molar-refractivity contribution in [2.75, 3.05) is 32.9 Å². The van der Waals surface area contributed by atoms with Crippen LogP contribution in [0.1, 0.15) is 50.2 Å². The molecule has 1 aromatic carbocycles. The van der Waals surface area contributed by atoms with Crippen LogP contribution < -0.4 is 0 Å². The fourth-order valence-corrected chi connectivity index (χ4v) is 5.96. The lowest BCUT2D eigenvalue weighted by Crippen LogP contribution is -2.57. The molecule has 29 heavy (non-hydrogen) atoms. The Morgan fingerprint density at radius 2 is 2.14 bits per heavy atom. The van der Waals surface area contributed by atoms with E-state index in [0.717, 1.165) is 13.1 Å². The number of aliphatic hydroxyl groups is 1. The lowest BCUT2D eigenvalue weighted by molar-refractivity contribution is -0.0107. The van der Waals surface area contributed by atoms with E-state index in [1.165, 1.54) is 48.8 Å². The van der Waals surface area contributed by atoms with Gasteiger partial charge in [-0.3, -0.25) is 10.00 Å². The number of aliphatic hydroxyl groups excluding tert-OH is 1. The molecule has 5 heteroatoms. The first-order valence-electron chi connectivity index (χ1n) is 11.2. The van der Waals surface area contributed by atoms with Gasteiger partial charge in [0.25, 0.3) is 0 Å². The van der Waals surface area contributed by atoms with E-state index in [0.29, 0.717) is 25.2 Å². The monoisotopic (exact) mass is 397 g/mol. The normalized spacial score (nSPS) is 27.7. The highest BCUT2D eigenvalue weighted by atomic mass is 16.5. The number of fused-ring (bicyclic) bond motifs is 1. The molecule has 0 radical (unpaired) electrons. The van der Waals surface area contributed by atoms with E-state index in [2.05, 4.69) is 47.1 Å². The molecule has 3 atom stereocenters. The number of likely N-dealkylation sites (tertiary alicyclic amines) is 1. The van der Waals surface area contributed by atoms with E-state index in [1.54, 1.807) is 5.56 Å². The Bertz CT molecular complexity index is 791. The Hall–Kier alpha value is -1.69. The molecule has 0 bridgehead atoms. The Balaban J connectivity index is 1.61. The zero-order chi connectivity index (χ0) is 20.3. The van der Waals surface area contributed by atoms with Gasteiger partial charge in [0.2, 0.25) is 0 Å². The first kappa shape index (κ1) is 20.6. The number of nitrogens with one attached hydrogen (secondary N) is 1. The van der Waals surface area contributed by atoms with Gasteiger partial charge in [0.1, 0.15) is 0 Å². The van der Waals surface area contributed by atoms with E-state index in [4.69, 9.17) is 9.84 Å². The predicted octanol–water partition coefficient (Wildman–Crippen LogP) is 3.92. The summed E-state index contributed by atoms with van der Waals surface area (Å²) in [5, 5.41) is 16.0. The Kier molecular flexibility index (Phi) is 6.38. The number of aryl methyl sites for hydroxylation is 1. The van der Waals surface area contributed by atoms with Gasteiger partial charge in [-0.25, -0.2) is 0 Å². The third-order valence-corrected chi connectivity index (χ3v) is 7.47. The van der Waals surface area contributed by atoms with Gasteiger partial charge in [-0.2, -0.15) is 5.10 Å². The second-order valence-electron chi connectivity index (χ2n) is 8.89. The van der Waals surface area contributed by atoms with Crippen molar-refractivity contribution in [3.05, 3.63) is 41.7 Å². The maximum atomic E-state index is 8.94. The zero-order valence-electron chi connectivity index (χ0n) is 17.9. The topological polar surface area (TPSA) is 61.4 Å². The molecule has 1 saturated carbocycles. The fraction of sp³-hybridized carbons (Fsp3) is 0.625. The number of aromatic amines is 1. The second kappa shape index (κ2) is 8.99. The van der Waals surface area contributed by atoms with Gasteiger partial charge in [0.15, 0.2) is 0 Å². The number of hydrogen-bond donors (Lipinski definition) is 2. The molecule has 1 aliphatic carbocycles. The summed E-state index contributed by atoms with van der Waals surface area (Å²) in [5.41, 5.74) is 5.70. The number of aromatic nitrogens is 2. The maximum absolute atomic E-state index is 8.94. The van der Waals surface area contributed by atoms with Crippen LogP contribution in [0.2, 0.25) is 0 Å². The van der Waals surface area contributed by atoms with Crippen LogP contribution in [0, 0.1) is 12.8 Å². The van der Waals surface area contributed by atoms with Crippen LogP contribution in [0.5, 0.6) is 0 Å². The molecular weight excluding hydrogens is 362 g/mol. The van der Waals surface area contributed by atoms with E-state index in [-0.39, 0.29) is 12.0 Å². The number of piperidine rings is 1. The third-order valence-electron chi connectivity index (χ3n) is 7.47. The fourth-order valence-electron chi connectivity index (χ4n) is 5.96. The molecule has 5 nitrogen and oxygen atoms in total. The molecule has 0 unspecified atom stereocenters. The molecule has 2 aliphatic rings. The summed E-state index contributed by atoms with van der Waals surface area (Å²) in [6, 6.07) is 7.54. The Labute approximate surface area is 174 Å². The van der Waals surface area contributed by atoms with Crippen LogP contribution >= 0.6 is 0 Å². The largest absolute Gasteiger partial charge is 0.394 e. The minimum Gasteiger partial charge on any atom is -0.394 e. The zero-order valence-corrected chi connectivity index (χ0v) is 17.9. The van der Waals surface area contributed by atoms with Gasteiger partial charge in [-0.15, -0.1) is 0 Å². The first-order valence-corrected chi connectivity index (χ1v) is 11.2. The summed E-state index contributed by atoms with van der Waals surface area (Å²) >= 11 is 0. The van der Waals surface area contributed by atoms with Crippen LogP contribution in [-0.4, -0.2) is 59.2 Å². The SMILES string of the molecule is Cc1ccc(-c2cn[nH]c2)cc1[C@@]12CCCC[C@H]1[C@@H](C)N(CCOCCO)CC2. The second-order valence-corrected chi connectivity index (χ2v) is 8.89. The lowest BCUT2D eigenvalue weighted by atomic mass is 9.56. The quantitative estimate of drug-likeness (QED) is 0.695. The Morgan fingerprint density at radius 1 is 1.24 bits per heavy atom. The molecule has 2 heterocycles. The molecule has 1 saturated heterocycles. The standard InChI is InChI=1S/C24H35N3O2/c1-18-6-7-20(21-16-25-26-17-21)15-23(18)24-8-4-3-5-22(24)19(2)27(10-9-24)11-13-29-14-12-28/h6-7,15-17,19,22,28H,3-5,8-14H2,1-2H3,(H,25,26)/t19-,22+,24-/m1/s1. The van der Waals surface area contributed by atoms with Crippen molar-refractivity contribution >= 4 is 0 Å². The number of benzene rings is 1. The molecule has 0 spiro atoms. The molecule has 4 rings (SSSR count). The summed E-state index contributed by atoms with van der Waals surface area (Å²) in [4.78, 5) is 2.61. The number of rotatable bonds is 7. The average Bonchev–Trinajstić information content (AvgIpc) is 3.28. The summed E-state index contributed by atoms with van der Waals surface area (Å²) in [5.74, 6) is 0.682. The molecule has 2 aromatic rings. The van der Waals surface area contributed by atoms with Crippen molar-refractivity contribution in [2.24, 2.45) is 5.92 Å². The van der Waals surface area contributed by atoms with Crippen molar-refractivity contribution in [1.29, 1.82) is 0 Å². The number of ether oxygens (including phenoxy) is 1. The highest BCUT2D eigenvalue weighted by molar-refractivity contribution is 5.64. The third kappa shape index (κ3) is 4.00. The highest BCUT2D eigenvalue weighted by Crippen LogP contribution is 2.52. The summed E-state index contributed by atoms with van der Waals surface area (Å²) < 4.78 is 5.56. The molecule has 1 aliphatic heterocycles. The number of nitrogens with zero attached hydrogens (tertiary/aromatic N) is 2. The van der Waals surface area contributed by atoms with Crippen molar-refractivity contribution in [3.63, 3.8) is 0 Å². The van der Waals surface area contributed by atoms with Crippen molar-refractivity contribution in [3.8, 4) is 11.1 Å². The average molecular weight is 398 g/mol. The Morgan fingerprint density at radius 3 is 2.93 bits per heavy atom. The minimum atomic E-state index is 0.105. The van der Waals surface area contributed by atoms with Crippen LogP contribution in [0.3, 0.4) is 0 Å². The summed E-state index contributed by atoms with van der Waals surface area (Å²) in [6.45, 7) is 8.04. The molecular formula is C24H35N3O2. The lowest BCUT2D eigenvalue weighted by Gasteiger charge is -2.55. The van der Waals surface area contributed by atoms with Gasteiger partial charge in [-0.05, 0) is 62.3 Å². The number of H-pyrrole nitrogens is 1. The number of hydrogen-bond acceptors (Lipinski definition) is 4. The highest BCUT2D eigenvalue weighted by Gasteiger charge is 2.49. The van der Waals surface area contributed by atoms with Crippen LogP contribution in [0.25, 0.3) is 11.1 Å². The molecule has 0 amide bonds. The van der Waals surface area contributed by atoms with Gasteiger partial charge in [0, 0.05) is 29.8 Å². The van der Waals surface area contributed by atoms with Crippen LogP contribution in [-0.2, 0) is 10.2 Å². The van der Waals surface area contributed by atoms with E-state index >= 15 is 0 Å². The molecule has 2 fully saturated rings. The van der Waals surface area contributed by atoms with Gasteiger partial charge < -0.3 is 9.84 Å². The van der Waals surface area contributed by atoms with Crippen molar-refractivity contribution in [2.45, 2.75) is 57.4 Å². The van der Waals surface area contributed by atoms with Crippen molar-refractivity contribution in [1.82, 2.24) is 15.1 Å². The minimum absolute atomic E-state index is 0.105. The van der Waals surface area contributed by atoms with Crippen LogP contribution in [0.15, 0.2) is 30.6 Å². The van der Waals surface area contributed by atoms with E-state index < -0.39 is 0 Å². The van der Waals surface area contributed by atoms with Gasteiger partial charge in [0.05, 0.1) is 26.0 Å². The van der Waals surface area contributed by atoms with E-state index in [9.17, 15) is 0 Å². The van der Waals surface area contributed by atoms with E-state index in [1.807, 2.05) is 12.4 Å². The molecule has 1 aromatic heterocycles. The van der Waals surface area contributed by atoms with Gasteiger partial charge in [-0.1, -0.05) is 31.0 Å². The summed E-state index contributed by atoms with van der Waals surface area (Å²) in [7, 11) is 0.